The number of fused-ring (bicyclic) bond motifs is 1. The second-order valence-corrected chi connectivity index (χ2v) is 10.9. The lowest BCUT2D eigenvalue weighted by Crippen LogP contribution is -2.45. The van der Waals surface area contributed by atoms with Crippen molar-refractivity contribution in [3.63, 3.8) is 0 Å². The zero-order valence-corrected chi connectivity index (χ0v) is 22.2. The number of anilines is 1. The van der Waals surface area contributed by atoms with E-state index in [1.165, 1.54) is 35.5 Å². The van der Waals surface area contributed by atoms with Gasteiger partial charge >= 0.3 is 0 Å². The second-order valence-electron chi connectivity index (χ2n) is 10.9. The molecule has 10 nitrogen and oxygen atoms in total. The van der Waals surface area contributed by atoms with Crippen molar-refractivity contribution in [1.29, 1.82) is 0 Å². The van der Waals surface area contributed by atoms with Crippen LogP contribution in [0.2, 0.25) is 0 Å². The number of imidazole rings is 1. The van der Waals surface area contributed by atoms with Crippen molar-refractivity contribution in [2.45, 2.75) is 18.2 Å². The minimum atomic E-state index is -1.67. The van der Waals surface area contributed by atoms with Gasteiger partial charge in [0.05, 0.1) is 30.0 Å². The fourth-order valence-corrected chi connectivity index (χ4v) is 6.33. The van der Waals surface area contributed by atoms with Gasteiger partial charge in [0, 0.05) is 49.1 Å². The summed E-state index contributed by atoms with van der Waals surface area (Å²) in [6.45, 7) is 1.36. The Hall–Kier alpha value is -4.62. The molecule has 4 atom stereocenters. The van der Waals surface area contributed by atoms with Crippen molar-refractivity contribution in [1.82, 2.24) is 39.2 Å². The average Bonchev–Trinajstić information content (AvgIpc) is 3.42. The van der Waals surface area contributed by atoms with Crippen LogP contribution in [0.3, 0.4) is 0 Å². The van der Waals surface area contributed by atoms with Crippen LogP contribution < -0.4 is 5.73 Å². The van der Waals surface area contributed by atoms with Gasteiger partial charge in [-0.15, -0.1) is 0 Å². The van der Waals surface area contributed by atoms with E-state index in [9.17, 15) is 18.3 Å². The van der Waals surface area contributed by atoms with Gasteiger partial charge in [0.15, 0.2) is 0 Å². The molecule has 3 N–H and O–H groups in total. The molecule has 3 aromatic heterocycles. The summed E-state index contributed by atoms with van der Waals surface area (Å²) in [5.41, 5.74) is 7.00. The van der Waals surface area contributed by atoms with E-state index in [4.69, 9.17) is 5.73 Å². The SMILES string of the molecule is Nc1nccc(-c2c(-c3ccc(F)cc3)ncn2C2[C@H]3CN(CC(O)(Cn4cncn4)c4ccc(F)cc4F)C[C@@H]23)n1. The molecule has 1 aliphatic heterocycles. The Morgan fingerprint density at radius 3 is 2.38 bits per heavy atom. The summed E-state index contributed by atoms with van der Waals surface area (Å²) in [5.74, 6) is -1.26. The van der Waals surface area contributed by atoms with Gasteiger partial charge in [0.2, 0.25) is 5.95 Å². The number of benzene rings is 2. The first kappa shape index (κ1) is 26.3. The molecule has 13 heteroatoms. The number of hydrogen-bond acceptors (Lipinski definition) is 8. The molecule has 1 aliphatic carbocycles. The first-order valence-corrected chi connectivity index (χ1v) is 13.4. The number of β-amino-alcohol motifs (C(OH)–C–C–N with tert-alkyl or cyclic N) is 1. The van der Waals surface area contributed by atoms with Gasteiger partial charge in [0.25, 0.3) is 0 Å². The van der Waals surface area contributed by atoms with E-state index < -0.39 is 17.2 Å². The maximum atomic E-state index is 14.9. The van der Waals surface area contributed by atoms with E-state index in [1.54, 1.807) is 30.7 Å². The number of nitrogens with zero attached hydrogens (tertiary/aromatic N) is 8. The number of likely N-dealkylation sites (tertiary alicyclic amines) is 1. The summed E-state index contributed by atoms with van der Waals surface area (Å²) in [7, 11) is 0. The third kappa shape index (κ3) is 4.69. The van der Waals surface area contributed by atoms with Gasteiger partial charge < -0.3 is 15.4 Å². The molecular weight excluding hydrogens is 547 g/mol. The fourth-order valence-electron chi connectivity index (χ4n) is 6.33. The largest absolute Gasteiger partial charge is 0.382 e. The lowest BCUT2D eigenvalue weighted by molar-refractivity contribution is -0.0196. The Balaban J connectivity index is 1.16. The van der Waals surface area contributed by atoms with Crippen molar-refractivity contribution < 1.29 is 18.3 Å². The molecular formula is C29H26F3N9O. The molecule has 2 unspecified atom stereocenters. The Morgan fingerprint density at radius 1 is 0.929 bits per heavy atom. The Kier molecular flexibility index (Phi) is 6.28. The van der Waals surface area contributed by atoms with Gasteiger partial charge in [-0.05, 0) is 48.2 Å². The number of rotatable bonds is 8. The monoisotopic (exact) mass is 573 g/mol. The summed E-state index contributed by atoms with van der Waals surface area (Å²) in [5, 5.41) is 15.9. The van der Waals surface area contributed by atoms with Crippen LogP contribution in [-0.2, 0) is 12.1 Å². The predicted molar refractivity (Wildman–Crippen MR) is 146 cm³/mol. The summed E-state index contributed by atoms with van der Waals surface area (Å²) >= 11 is 0. The van der Waals surface area contributed by atoms with Gasteiger partial charge in [-0.1, -0.05) is 6.07 Å². The lowest BCUT2D eigenvalue weighted by Gasteiger charge is -2.34. The van der Waals surface area contributed by atoms with Gasteiger partial charge in [-0.3, -0.25) is 4.90 Å². The minimum absolute atomic E-state index is 0.00120. The fraction of sp³-hybridized carbons (Fsp3) is 0.276. The van der Waals surface area contributed by atoms with Crippen molar-refractivity contribution in [2.24, 2.45) is 11.8 Å². The van der Waals surface area contributed by atoms with Crippen molar-refractivity contribution in [3.05, 3.63) is 96.7 Å². The third-order valence-electron chi connectivity index (χ3n) is 8.18. The molecule has 0 bridgehead atoms. The summed E-state index contributed by atoms with van der Waals surface area (Å²) < 4.78 is 45.8. The van der Waals surface area contributed by atoms with E-state index in [-0.39, 0.29) is 48.3 Å². The van der Waals surface area contributed by atoms with E-state index in [0.717, 1.165) is 23.4 Å². The third-order valence-corrected chi connectivity index (χ3v) is 8.18. The molecule has 1 saturated carbocycles. The predicted octanol–water partition coefficient (Wildman–Crippen LogP) is 3.29. The van der Waals surface area contributed by atoms with Crippen LogP contribution in [0.4, 0.5) is 19.1 Å². The summed E-state index contributed by atoms with van der Waals surface area (Å²) in [6, 6.07) is 11.2. The molecule has 0 amide bonds. The van der Waals surface area contributed by atoms with Crippen LogP contribution in [0.25, 0.3) is 22.6 Å². The molecule has 42 heavy (non-hydrogen) atoms. The Morgan fingerprint density at radius 2 is 1.69 bits per heavy atom. The van der Waals surface area contributed by atoms with Crippen LogP contribution in [0, 0.1) is 29.3 Å². The van der Waals surface area contributed by atoms with Crippen LogP contribution in [0.5, 0.6) is 0 Å². The smallest absolute Gasteiger partial charge is 0.220 e. The molecule has 5 aromatic rings. The number of nitrogens with two attached hydrogens (primary N) is 1. The molecule has 2 aromatic carbocycles. The lowest BCUT2D eigenvalue weighted by atomic mass is 9.92. The molecule has 4 heterocycles. The van der Waals surface area contributed by atoms with Gasteiger partial charge in [-0.25, -0.2) is 37.8 Å². The minimum Gasteiger partial charge on any atom is -0.382 e. The quantitative estimate of drug-likeness (QED) is 0.290. The molecule has 0 radical (unpaired) electrons. The van der Waals surface area contributed by atoms with Crippen molar-refractivity contribution in [2.75, 3.05) is 25.4 Å². The van der Waals surface area contributed by atoms with Crippen molar-refractivity contribution in [3.8, 4) is 22.6 Å². The van der Waals surface area contributed by atoms with E-state index >= 15 is 0 Å². The Labute approximate surface area is 238 Å². The number of piperidine rings is 1. The molecule has 0 spiro atoms. The van der Waals surface area contributed by atoms with E-state index in [2.05, 4.69) is 34.5 Å². The van der Waals surface area contributed by atoms with Crippen LogP contribution in [0.1, 0.15) is 11.6 Å². The first-order chi connectivity index (χ1) is 20.3. The van der Waals surface area contributed by atoms with Crippen LogP contribution >= 0.6 is 0 Å². The molecule has 1 saturated heterocycles. The maximum absolute atomic E-state index is 14.9. The Bertz CT molecular complexity index is 1730. The standard InChI is InChI=1S/C29H26F3N9O/c30-18-3-1-17(2-4-18)25-27(24-7-8-35-28(33)38-24)41(16-36-25)26-20-10-39(11-21(20)26)12-29(42,13-40-15-34-14-37-40)22-6-5-19(31)9-23(22)32/h1-9,14-16,20-21,26,42H,10-13H2,(H2,33,35,38)/t20-,21+,26?,29?. The van der Waals surface area contributed by atoms with Crippen LogP contribution in [-0.4, -0.2) is 63.9 Å². The topological polar surface area (TPSA) is 124 Å². The molecule has 7 rings (SSSR count). The summed E-state index contributed by atoms with van der Waals surface area (Å²) in [6.07, 6.45) is 6.15. The number of aliphatic hydroxyl groups is 1. The van der Waals surface area contributed by atoms with E-state index in [0.29, 0.717) is 24.5 Å². The molecule has 2 aliphatic rings. The number of nitrogen functional groups attached to an aromatic ring is 1. The highest BCUT2D eigenvalue weighted by molar-refractivity contribution is 5.77. The highest BCUT2D eigenvalue weighted by Crippen LogP contribution is 2.57. The normalized spacial score (nSPS) is 21.3. The average molecular weight is 574 g/mol. The number of halogens is 3. The van der Waals surface area contributed by atoms with Crippen molar-refractivity contribution >= 4 is 5.95 Å². The first-order valence-electron chi connectivity index (χ1n) is 13.4. The van der Waals surface area contributed by atoms with Crippen LogP contribution in [0.15, 0.2) is 73.7 Å². The van der Waals surface area contributed by atoms with Gasteiger partial charge in [0.1, 0.15) is 35.7 Å². The van der Waals surface area contributed by atoms with Gasteiger partial charge in [-0.2, -0.15) is 5.10 Å². The summed E-state index contributed by atoms with van der Waals surface area (Å²) in [4.78, 5) is 19.2. The zero-order valence-electron chi connectivity index (χ0n) is 22.2. The second kappa shape index (κ2) is 10.0. The highest BCUT2D eigenvalue weighted by atomic mass is 19.1. The zero-order chi connectivity index (χ0) is 29.0. The maximum Gasteiger partial charge on any atom is 0.220 e. The molecule has 214 valence electrons. The molecule has 2 fully saturated rings. The number of hydrogen-bond donors (Lipinski definition) is 2. The van der Waals surface area contributed by atoms with E-state index in [1.807, 2.05) is 0 Å². The number of aromatic nitrogens is 7. The highest BCUT2D eigenvalue weighted by Gasteiger charge is 2.58.